The lowest BCUT2D eigenvalue weighted by atomic mass is 9.84. The minimum atomic E-state index is -0.535. The summed E-state index contributed by atoms with van der Waals surface area (Å²) in [4.78, 5) is 20.6. The van der Waals surface area contributed by atoms with Crippen molar-refractivity contribution in [3.05, 3.63) is 23.7 Å². The van der Waals surface area contributed by atoms with Gasteiger partial charge in [-0.15, -0.1) is 0 Å². The van der Waals surface area contributed by atoms with E-state index in [2.05, 4.69) is 4.98 Å². The summed E-state index contributed by atoms with van der Waals surface area (Å²) in [6, 6.07) is 0. The molecule has 2 bridgehead atoms. The molecule has 26 heavy (non-hydrogen) atoms. The molecule has 2 fully saturated rings. The van der Waals surface area contributed by atoms with Crippen molar-refractivity contribution in [3.8, 4) is 5.88 Å². The average molecular weight is 360 g/mol. The molecule has 2 atom stereocenters. The van der Waals surface area contributed by atoms with Crippen LogP contribution >= 0.6 is 0 Å². The second-order valence-electron chi connectivity index (χ2n) is 7.67. The number of fused-ring (bicyclic) bond motifs is 3. The van der Waals surface area contributed by atoms with E-state index >= 15 is 0 Å². The van der Waals surface area contributed by atoms with Gasteiger partial charge in [0.2, 0.25) is 11.7 Å². The molecule has 0 unspecified atom stereocenters. The van der Waals surface area contributed by atoms with Gasteiger partial charge in [0.15, 0.2) is 0 Å². The van der Waals surface area contributed by atoms with Crippen LogP contribution < -0.4 is 10.5 Å². The van der Waals surface area contributed by atoms with Crippen molar-refractivity contribution in [1.29, 1.82) is 0 Å². The Morgan fingerprint density at radius 2 is 2.27 bits per heavy atom. The van der Waals surface area contributed by atoms with E-state index in [1.54, 1.807) is 17.7 Å². The summed E-state index contributed by atoms with van der Waals surface area (Å²) in [5.74, 6) is 0.572. The number of hydrogen-bond acceptors (Lipinski definition) is 6. The first-order valence-electron chi connectivity index (χ1n) is 8.86. The minimum Gasteiger partial charge on any atom is -0.475 e. The smallest absolute Gasteiger partial charge is 0.251 e. The molecule has 2 aromatic rings. The molecule has 4 rings (SSSR count). The summed E-state index contributed by atoms with van der Waals surface area (Å²) in [5.41, 5.74) is 6.10. The number of primary amides is 1. The number of ether oxygens (including phenoxy) is 3. The fraction of sp³-hybridized carbons (Fsp3) is 0.611. The van der Waals surface area contributed by atoms with Crippen LogP contribution in [0.3, 0.4) is 0 Å². The molecule has 140 valence electrons. The van der Waals surface area contributed by atoms with Crippen LogP contribution in [-0.2, 0) is 14.9 Å². The zero-order valence-corrected chi connectivity index (χ0v) is 15.3. The number of nitrogens with zero attached hydrogens (tertiary/aromatic N) is 3. The first-order chi connectivity index (χ1) is 12.4. The number of imidazole rings is 1. The van der Waals surface area contributed by atoms with E-state index in [-0.39, 0.29) is 17.1 Å². The summed E-state index contributed by atoms with van der Waals surface area (Å²) >= 11 is 0. The summed E-state index contributed by atoms with van der Waals surface area (Å²) in [5, 5.41) is 0. The average Bonchev–Trinajstić information content (AvgIpc) is 3.25. The summed E-state index contributed by atoms with van der Waals surface area (Å²) in [6.07, 6.45) is 5.76. The van der Waals surface area contributed by atoms with E-state index in [9.17, 15) is 4.79 Å². The highest BCUT2D eigenvalue weighted by Gasteiger charge is 2.58. The predicted molar refractivity (Wildman–Crippen MR) is 93.4 cm³/mol. The maximum atomic E-state index is 11.6. The molecule has 1 saturated heterocycles. The third kappa shape index (κ3) is 2.55. The van der Waals surface area contributed by atoms with E-state index in [0.717, 1.165) is 25.0 Å². The molecule has 3 heterocycles. The number of rotatable bonds is 6. The van der Waals surface area contributed by atoms with Crippen LogP contribution in [-0.4, -0.2) is 52.3 Å². The van der Waals surface area contributed by atoms with Crippen LogP contribution in [0.2, 0.25) is 0 Å². The monoisotopic (exact) mass is 360 g/mol. The van der Waals surface area contributed by atoms with Crippen molar-refractivity contribution in [2.24, 2.45) is 5.73 Å². The van der Waals surface area contributed by atoms with Gasteiger partial charge >= 0.3 is 0 Å². The van der Waals surface area contributed by atoms with Crippen LogP contribution in [0, 0.1) is 0 Å². The van der Waals surface area contributed by atoms with Gasteiger partial charge in [-0.3, -0.25) is 9.20 Å². The fourth-order valence-corrected chi connectivity index (χ4v) is 4.22. The fourth-order valence-electron chi connectivity index (χ4n) is 4.22. The summed E-state index contributed by atoms with van der Waals surface area (Å²) < 4.78 is 19.3. The number of carbonyl (C=O) groups is 1. The van der Waals surface area contributed by atoms with Gasteiger partial charge < -0.3 is 19.9 Å². The molecule has 8 nitrogen and oxygen atoms in total. The number of nitrogens with two attached hydrogens (primary N) is 1. The first-order valence-corrected chi connectivity index (χ1v) is 8.86. The number of carbonyl (C=O) groups excluding carboxylic acids is 1. The van der Waals surface area contributed by atoms with Gasteiger partial charge in [-0.25, -0.2) is 9.97 Å². The van der Waals surface area contributed by atoms with E-state index in [1.165, 1.54) is 6.20 Å². The van der Waals surface area contributed by atoms with Crippen molar-refractivity contribution in [2.75, 3.05) is 20.3 Å². The maximum Gasteiger partial charge on any atom is 0.251 e. The molecular weight excluding hydrogens is 336 g/mol. The third-order valence-electron chi connectivity index (χ3n) is 5.35. The molecule has 2 aliphatic rings. The Kier molecular flexibility index (Phi) is 3.92. The zero-order chi connectivity index (χ0) is 18.5. The molecule has 2 aromatic heterocycles. The second-order valence-corrected chi connectivity index (χ2v) is 7.67. The molecular formula is C18H24N4O4. The Balaban J connectivity index is 1.83. The van der Waals surface area contributed by atoms with Crippen LogP contribution in [0.25, 0.3) is 5.78 Å². The van der Waals surface area contributed by atoms with Gasteiger partial charge in [-0.05, 0) is 33.1 Å². The number of amides is 1. The van der Waals surface area contributed by atoms with Crippen LogP contribution in [0.4, 0.5) is 0 Å². The van der Waals surface area contributed by atoms with Gasteiger partial charge in [0.25, 0.3) is 5.91 Å². The van der Waals surface area contributed by atoms with E-state index < -0.39 is 5.91 Å². The molecule has 1 amide bonds. The highest BCUT2D eigenvalue weighted by Crippen LogP contribution is 2.55. The van der Waals surface area contributed by atoms with E-state index in [1.807, 2.05) is 13.8 Å². The molecule has 0 spiro atoms. The Bertz CT molecular complexity index is 852. The Labute approximate surface area is 151 Å². The van der Waals surface area contributed by atoms with Crippen molar-refractivity contribution >= 4 is 11.7 Å². The normalized spacial score (nSPS) is 27.5. The SMILES string of the molecule is COC[C@]12CC[C@](c3nc4ncc(C(N)=O)cn4c3OC(C)C)(CO1)C2. The number of hydrogen-bond donors (Lipinski definition) is 1. The Morgan fingerprint density at radius 3 is 2.88 bits per heavy atom. The first kappa shape index (κ1) is 17.2. The van der Waals surface area contributed by atoms with Crippen molar-refractivity contribution < 1.29 is 19.0 Å². The largest absolute Gasteiger partial charge is 0.475 e. The van der Waals surface area contributed by atoms with Crippen molar-refractivity contribution in [3.63, 3.8) is 0 Å². The molecule has 0 aromatic carbocycles. The van der Waals surface area contributed by atoms with Gasteiger partial charge in [0, 0.05) is 24.9 Å². The topological polar surface area (TPSA) is 101 Å². The quantitative estimate of drug-likeness (QED) is 0.837. The van der Waals surface area contributed by atoms with E-state index in [4.69, 9.17) is 24.9 Å². The summed E-state index contributed by atoms with van der Waals surface area (Å²) in [6.45, 7) is 5.08. The molecule has 1 aliphatic carbocycles. The third-order valence-corrected chi connectivity index (χ3v) is 5.35. The van der Waals surface area contributed by atoms with E-state index in [0.29, 0.717) is 30.4 Å². The van der Waals surface area contributed by atoms with Gasteiger partial charge in [-0.2, -0.15) is 0 Å². The van der Waals surface area contributed by atoms with Crippen LogP contribution in [0.5, 0.6) is 5.88 Å². The van der Waals surface area contributed by atoms with Gasteiger partial charge in [0.05, 0.1) is 30.5 Å². The standard InChI is InChI=1S/C18H24N4O4/c1-11(2)26-15-13(17-4-5-18(8-17,10-24-3)25-9-17)21-16-20-6-12(14(19)23)7-22(15)16/h6-7,11H,4-5,8-10H2,1-3H3,(H2,19,23)/t17-,18-/m1/s1. The predicted octanol–water partition coefficient (Wildman–Crippen LogP) is 1.45. The highest BCUT2D eigenvalue weighted by atomic mass is 16.5. The number of methoxy groups -OCH3 is 1. The molecule has 1 aliphatic heterocycles. The van der Waals surface area contributed by atoms with Crippen LogP contribution in [0.15, 0.2) is 12.4 Å². The Morgan fingerprint density at radius 1 is 1.46 bits per heavy atom. The lowest BCUT2D eigenvalue weighted by Gasteiger charge is -2.27. The summed E-state index contributed by atoms with van der Waals surface area (Å²) in [7, 11) is 1.70. The van der Waals surface area contributed by atoms with Crippen molar-refractivity contribution in [1.82, 2.24) is 14.4 Å². The minimum absolute atomic E-state index is 0.0465. The van der Waals surface area contributed by atoms with Crippen molar-refractivity contribution in [2.45, 2.75) is 50.2 Å². The lowest BCUT2D eigenvalue weighted by molar-refractivity contribution is -0.0660. The zero-order valence-electron chi connectivity index (χ0n) is 15.3. The molecule has 1 saturated carbocycles. The molecule has 0 radical (unpaired) electrons. The van der Waals surface area contributed by atoms with Crippen LogP contribution in [0.1, 0.15) is 49.2 Å². The lowest BCUT2D eigenvalue weighted by Crippen LogP contribution is -2.32. The second kappa shape index (κ2) is 5.92. The Hall–Kier alpha value is -2.19. The maximum absolute atomic E-state index is 11.6. The molecule has 8 heteroatoms. The number of aromatic nitrogens is 3. The molecule has 2 N–H and O–H groups in total. The van der Waals surface area contributed by atoms with Gasteiger partial charge in [-0.1, -0.05) is 0 Å². The highest BCUT2D eigenvalue weighted by molar-refractivity contribution is 5.92. The van der Waals surface area contributed by atoms with Gasteiger partial charge in [0.1, 0.15) is 5.69 Å².